The molecular weight excluding hydrogens is 318 g/mol. The highest BCUT2D eigenvalue weighted by atomic mass is 32.1. The van der Waals surface area contributed by atoms with Crippen molar-refractivity contribution in [2.75, 3.05) is 20.6 Å². The van der Waals surface area contributed by atoms with Gasteiger partial charge in [-0.2, -0.15) is 0 Å². The van der Waals surface area contributed by atoms with Crippen LogP contribution in [0.25, 0.3) is 5.65 Å². The van der Waals surface area contributed by atoms with Crippen LogP contribution >= 0.6 is 11.3 Å². The van der Waals surface area contributed by atoms with Gasteiger partial charge >= 0.3 is 0 Å². The molecule has 0 saturated heterocycles. The van der Waals surface area contributed by atoms with E-state index in [1.807, 2.05) is 19.2 Å². The second-order valence-electron chi connectivity index (χ2n) is 5.78. The number of aromatic nitrogens is 2. The van der Waals surface area contributed by atoms with Crippen molar-refractivity contribution in [2.24, 2.45) is 4.99 Å². The summed E-state index contributed by atoms with van der Waals surface area (Å²) in [6.07, 6.45) is 3.11. The van der Waals surface area contributed by atoms with Crippen molar-refractivity contribution >= 4 is 22.9 Å². The maximum Gasteiger partial charge on any atom is 0.193 e. The van der Waals surface area contributed by atoms with Gasteiger partial charge in [-0.1, -0.05) is 12.1 Å². The molecule has 0 aromatic carbocycles. The Kier molecular flexibility index (Phi) is 5.15. The zero-order valence-corrected chi connectivity index (χ0v) is 15.2. The van der Waals surface area contributed by atoms with E-state index in [1.165, 1.54) is 10.6 Å². The second kappa shape index (κ2) is 7.49. The lowest BCUT2D eigenvalue weighted by atomic mass is 10.3. The fourth-order valence-electron chi connectivity index (χ4n) is 2.68. The second-order valence-corrected chi connectivity index (χ2v) is 6.81. The molecule has 0 fully saturated rings. The molecule has 0 aliphatic carbocycles. The van der Waals surface area contributed by atoms with E-state index in [0.717, 1.165) is 30.3 Å². The number of hydrogen-bond donors (Lipinski definition) is 1. The zero-order valence-electron chi connectivity index (χ0n) is 14.4. The molecule has 0 saturated carbocycles. The quantitative estimate of drug-likeness (QED) is 0.573. The van der Waals surface area contributed by atoms with Crippen LogP contribution in [0, 0.1) is 6.92 Å². The SMILES string of the molecule is CN=C(NCc1cn2c(C)cccc2n1)N(C)CCc1cccs1. The third kappa shape index (κ3) is 3.76. The standard InChI is InChI=1S/C18H23N5S/c1-14-6-4-8-17-21-15(13-23(14)17)12-20-18(19-2)22(3)10-9-16-7-5-11-24-16/h4-8,11,13H,9-10,12H2,1-3H3,(H,19,20). The fraction of sp³-hybridized carbons (Fsp3) is 0.333. The number of rotatable bonds is 5. The largest absolute Gasteiger partial charge is 0.351 e. The molecule has 3 rings (SSSR count). The van der Waals surface area contributed by atoms with Crippen LogP contribution in [-0.2, 0) is 13.0 Å². The number of nitrogens with one attached hydrogen (secondary N) is 1. The van der Waals surface area contributed by atoms with Crippen LogP contribution in [-0.4, -0.2) is 40.9 Å². The number of thiophene rings is 1. The maximum absolute atomic E-state index is 4.65. The molecule has 3 heterocycles. The average Bonchev–Trinajstić information content (AvgIpc) is 3.23. The third-order valence-corrected chi connectivity index (χ3v) is 4.96. The highest BCUT2D eigenvalue weighted by Crippen LogP contribution is 2.10. The molecule has 0 bridgehead atoms. The Balaban J connectivity index is 1.59. The lowest BCUT2D eigenvalue weighted by Crippen LogP contribution is -2.39. The number of hydrogen-bond acceptors (Lipinski definition) is 3. The van der Waals surface area contributed by atoms with E-state index in [1.54, 1.807) is 11.3 Å². The first kappa shape index (κ1) is 16.5. The van der Waals surface area contributed by atoms with Gasteiger partial charge in [-0.15, -0.1) is 11.3 Å². The van der Waals surface area contributed by atoms with E-state index in [-0.39, 0.29) is 0 Å². The summed E-state index contributed by atoms with van der Waals surface area (Å²) in [5.74, 6) is 0.889. The summed E-state index contributed by atoms with van der Waals surface area (Å²) >= 11 is 1.80. The third-order valence-electron chi connectivity index (χ3n) is 4.02. The smallest absolute Gasteiger partial charge is 0.193 e. The van der Waals surface area contributed by atoms with Gasteiger partial charge in [0.1, 0.15) is 5.65 Å². The average molecular weight is 341 g/mol. The van der Waals surface area contributed by atoms with Crippen molar-refractivity contribution < 1.29 is 0 Å². The predicted octanol–water partition coefficient (Wildman–Crippen LogP) is 2.95. The summed E-state index contributed by atoms with van der Waals surface area (Å²) in [5.41, 5.74) is 3.17. The molecule has 0 spiro atoms. The van der Waals surface area contributed by atoms with Gasteiger partial charge in [0.25, 0.3) is 0 Å². The first-order valence-electron chi connectivity index (χ1n) is 8.05. The number of likely N-dealkylation sites (N-methyl/N-ethyl adjacent to an activating group) is 1. The number of nitrogens with zero attached hydrogens (tertiary/aromatic N) is 4. The number of guanidine groups is 1. The molecule has 5 nitrogen and oxygen atoms in total. The van der Waals surface area contributed by atoms with Crippen molar-refractivity contribution in [3.63, 3.8) is 0 Å². The minimum absolute atomic E-state index is 0.664. The molecule has 3 aromatic rings. The summed E-state index contributed by atoms with van der Waals surface area (Å²) in [5, 5.41) is 5.52. The number of pyridine rings is 1. The zero-order chi connectivity index (χ0) is 16.9. The molecule has 1 N–H and O–H groups in total. The van der Waals surface area contributed by atoms with Crippen molar-refractivity contribution in [3.8, 4) is 0 Å². The molecule has 126 valence electrons. The number of fused-ring (bicyclic) bond motifs is 1. The van der Waals surface area contributed by atoms with Gasteiger partial charge in [-0.3, -0.25) is 4.99 Å². The number of imidazole rings is 1. The molecular formula is C18H23N5S. The molecule has 3 aromatic heterocycles. The lowest BCUT2D eigenvalue weighted by molar-refractivity contribution is 0.486. The Bertz CT molecular complexity index is 819. The summed E-state index contributed by atoms with van der Waals surface area (Å²) < 4.78 is 2.11. The molecule has 0 amide bonds. The lowest BCUT2D eigenvalue weighted by Gasteiger charge is -2.21. The van der Waals surface area contributed by atoms with Crippen LogP contribution in [0.15, 0.2) is 46.9 Å². The first-order chi connectivity index (χ1) is 11.7. The van der Waals surface area contributed by atoms with Gasteiger partial charge in [-0.05, 0) is 36.9 Å². The van der Waals surface area contributed by atoms with Crippen LogP contribution in [0.2, 0.25) is 0 Å². The van der Waals surface area contributed by atoms with Gasteiger partial charge in [0.15, 0.2) is 5.96 Å². The summed E-state index contributed by atoms with van der Waals surface area (Å²) in [7, 11) is 3.88. The van der Waals surface area contributed by atoms with Gasteiger partial charge in [0, 0.05) is 37.4 Å². The maximum atomic E-state index is 4.65. The van der Waals surface area contributed by atoms with Gasteiger partial charge in [0.05, 0.1) is 12.2 Å². The molecule has 0 radical (unpaired) electrons. The Morgan fingerprint density at radius 3 is 2.92 bits per heavy atom. The van der Waals surface area contributed by atoms with Crippen LogP contribution in [0.5, 0.6) is 0 Å². The van der Waals surface area contributed by atoms with E-state index in [4.69, 9.17) is 0 Å². The Morgan fingerprint density at radius 2 is 2.21 bits per heavy atom. The first-order valence-corrected chi connectivity index (χ1v) is 8.93. The van der Waals surface area contributed by atoms with Gasteiger partial charge < -0.3 is 14.6 Å². The number of aryl methyl sites for hydroxylation is 1. The fourth-order valence-corrected chi connectivity index (χ4v) is 3.38. The Labute approximate surface area is 146 Å². The van der Waals surface area contributed by atoms with Crippen LogP contribution in [0.1, 0.15) is 16.3 Å². The van der Waals surface area contributed by atoms with Crippen molar-refractivity contribution in [3.05, 3.63) is 58.2 Å². The topological polar surface area (TPSA) is 44.9 Å². The summed E-state index contributed by atoms with van der Waals surface area (Å²) in [4.78, 5) is 12.6. The highest BCUT2D eigenvalue weighted by molar-refractivity contribution is 7.09. The summed E-state index contributed by atoms with van der Waals surface area (Å²) in [6, 6.07) is 10.4. The molecule has 0 atom stereocenters. The predicted molar refractivity (Wildman–Crippen MR) is 101 cm³/mol. The molecule has 0 unspecified atom stereocenters. The van der Waals surface area contributed by atoms with Crippen molar-refractivity contribution in [1.29, 1.82) is 0 Å². The number of aliphatic imine (C=N–C) groups is 1. The van der Waals surface area contributed by atoms with E-state index in [9.17, 15) is 0 Å². The minimum Gasteiger partial charge on any atom is -0.351 e. The monoisotopic (exact) mass is 341 g/mol. The van der Waals surface area contributed by atoms with E-state index >= 15 is 0 Å². The molecule has 6 heteroatoms. The van der Waals surface area contributed by atoms with Crippen molar-refractivity contribution in [1.82, 2.24) is 19.6 Å². The Hall–Kier alpha value is -2.34. The molecule has 0 aliphatic rings. The van der Waals surface area contributed by atoms with Crippen molar-refractivity contribution in [2.45, 2.75) is 19.9 Å². The highest BCUT2D eigenvalue weighted by Gasteiger charge is 2.08. The molecule has 0 aliphatic heterocycles. The van der Waals surface area contributed by atoms with E-state index in [0.29, 0.717) is 6.54 Å². The van der Waals surface area contributed by atoms with Crippen LogP contribution < -0.4 is 5.32 Å². The van der Waals surface area contributed by atoms with E-state index in [2.05, 4.69) is 68.3 Å². The van der Waals surface area contributed by atoms with E-state index < -0.39 is 0 Å². The normalized spacial score (nSPS) is 11.9. The van der Waals surface area contributed by atoms with Gasteiger partial charge in [0.2, 0.25) is 0 Å². The van der Waals surface area contributed by atoms with Gasteiger partial charge in [-0.25, -0.2) is 4.98 Å². The van der Waals surface area contributed by atoms with Crippen LogP contribution in [0.3, 0.4) is 0 Å². The molecule has 24 heavy (non-hydrogen) atoms. The Morgan fingerprint density at radius 1 is 1.33 bits per heavy atom. The summed E-state index contributed by atoms with van der Waals surface area (Å²) in [6.45, 7) is 3.69. The van der Waals surface area contributed by atoms with Crippen LogP contribution in [0.4, 0.5) is 0 Å². The minimum atomic E-state index is 0.664.